The maximum atomic E-state index is 12.6. The molecule has 3 fully saturated rings. The molecule has 0 N–H and O–H groups in total. The van der Waals surface area contributed by atoms with Gasteiger partial charge < -0.3 is 0 Å². The van der Waals surface area contributed by atoms with Crippen molar-refractivity contribution >= 4 is 28.4 Å². The van der Waals surface area contributed by atoms with E-state index in [1.807, 2.05) is 0 Å². The van der Waals surface area contributed by atoms with Crippen molar-refractivity contribution in [1.29, 1.82) is 0 Å². The summed E-state index contributed by atoms with van der Waals surface area (Å²) in [5.41, 5.74) is 0. The SMILES string of the molecule is O=C1[C@H]2C[C@H](CN3CCCC[C@@H]23)[C@H]1CCCCI. The van der Waals surface area contributed by atoms with E-state index in [1.54, 1.807) is 0 Å². The average Bonchev–Trinajstić information content (AvgIpc) is 2.65. The van der Waals surface area contributed by atoms with Crippen LogP contribution in [0.5, 0.6) is 0 Å². The lowest BCUT2D eigenvalue weighted by Gasteiger charge is -2.42. The first-order valence-electron chi connectivity index (χ1n) is 7.65. The number of ketones is 1. The summed E-state index contributed by atoms with van der Waals surface area (Å²) in [4.78, 5) is 15.3. The summed E-state index contributed by atoms with van der Waals surface area (Å²) in [6.45, 7) is 2.48. The molecule has 1 aliphatic carbocycles. The Morgan fingerprint density at radius 2 is 2.17 bits per heavy atom. The predicted molar refractivity (Wildman–Crippen MR) is 82.0 cm³/mol. The van der Waals surface area contributed by atoms with Crippen molar-refractivity contribution in [1.82, 2.24) is 4.90 Å². The zero-order valence-electron chi connectivity index (χ0n) is 11.1. The first-order valence-corrected chi connectivity index (χ1v) is 9.17. The van der Waals surface area contributed by atoms with E-state index in [9.17, 15) is 4.79 Å². The second-order valence-corrected chi connectivity index (χ2v) is 7.43. The van der Waals surface area contributed by atoms with E-state index in [-0.39, 0.29) is 0 Å². The quantitative estimate of drug-likeness (QED) is 0.435. The zero-order valence-corrected chi connectivity index (χ0v) is 13.3. The van der Waals surface area contributed by atoms with Crippen LogP contribution in [0.1, 0.15) is 44.9 Å². The minimum Gasteiger partial charge on any atom is -0.299 e. The summed E-state index contributed by atoms with van der Waals surface area (Å²) in [6.07, 6.45) is 8.91. The lowest BCUT2D eigenvalue weighted by atomic mass is 9.84. The van der Waals surface area contributed by atoms with E-state index in [0.29, 0.717) is 29.6 Å². The van der Waals surface area contributed by atoms with Crippen molar-refractivity contribution < 1.29 is 4.79 Å². The molecule has 2 nitrogen and oxygen atoms in total. The fourth-order valence-corrected chi connectivity index (χ4v) is 5.04. The standard InChI is InChI=1S/C15H24INO/c16-7-3-1-5-12-11-9-13(15(12)18)14-6-2-4-8-17(14)10-11/h11-14H,1-10H2/t11-,12-,13+,14+/m1/s1. The van der Waals surface area contributed by atoms with Gasteiger partial charge in [-0.2, -0.15) is 0 Å². The Morgan fingerprint density at radius 3 is 3.00 bits per heavy atom. The monoisotopic (exact) mass is 361 g/mol. The molecule has 3 rings (SSSR count). The van der Waals surface area contributed by atoms with Gasteiger partial charge in [0.15, 0.2) is 0 Å². The number of Topliss-reactive ketones (excluding diaryl/α,β-unsaturated/α-hetero) is 1. The molecule has 2 bridgehead atoms. The van der Waals surface area contributed by atoms with Crippen molar-refractivity contribution in [3.63, 3.8) is 0 Å². The number of hydrogen-bond donors (Lipinski definition) is 0. The molecule has 2 saturated heterocycles. The molecule has 2 heterocycles. The summed E-state index contributed by atoms with van der Waals surface area (Å²) in [5, 5.41) is 0. The van der Waals surface area contributed by atoms with Crippen LogP contribution in [0.3, 0.4) is 0 Å². The van der Waals surface area contributed by atoms with E-state index in [4.69, 9.17) is 0 Å². The lowest BCUT2D eigenvalue weighted by molar-refractivity contribution is -0.125. The molecule has 2 aliphatic heterocycles. The molecule has 0 aromatic rings. The van der Waals surface area contributed by atoms with Gasteiger partial charge >= 0.3 is 0 Å². The minimum absolute atomic E-state index is 0.411. The van der Waals surface area contributed by atoms with Crippen LogP contribution < -0.4 is 0 Å². The van der Waals surface area contributed by atoms with Gasteiger partial charge in [-0.3, -0.25) is 9.69 Å². The number of hydrogen-bond acceptors (Lipinski definition) is 2. The van der Waals surface area contributed by atoms with Crippen molar-refractivity contribution in [3.05, 3.63) is 0 Å². The van der Waals surface area contributed by atoms with Gasteiger partial charge in [-0.25, -0.2) is 0 Å². The molecule has 3 heteroatoms. The smallest absolute Gasteiger partial charge is 0.140 e. The normalized spacial score (nSPS) is 39.9. The van der Waals surface area contributed by atoms with Gasteiger partial charge in [0, 0.05) is 24.4 Å². The van der Waals surface area contributed by atoms with Gasteiger partial charge in [0.05, 0.1) is 0 Å². The molecule has 0 amide bonds. The topological polar surface area (TPSA) is 20.3 Å². The number of alkyl halides is 1. The number of fused-ring (bicyclic) bond motifs is 4. The number of carbonyl (C=O) groups is 1. The van der Waals surface area contributed by atoms with Crippen molar-refractivity contribution in [2.24, 2.45) is 17.8 Å². The molecule has 4 atom stereocenters. The van der Waals surface area contributed by atoms with Crippen LogP contribution in [-0.4, -0.2) is 34.2 Å². The summed E-state index contributed by atoms with van der Waals surface area (Å²) in [5.74, 6) is 2.17. The molecule has 3 aliphatic rings. The van der Waals surface area contributed by atoms with Gasteiger partial charge in [0.25, 0.3) is 0 Å². The molecule has 18 heavy (non-hydrogen) atoms. The Kier molecular flexibility index (Phi) is 4.28. The number of halogens is 1. The summed E-state index contributed by atoms with van der Waals surface area (Å²) >= 11 is 2.44. The predicted octanol–water partition coefficient (Wildman–Crippen LogP) is 3.28. The highest BCUT2D eigenvalue weighted by atomic mass is 127. The van der Waals surface area contributed by atoms with Crippen LogP contribution in [0.2, 0.25) is 0 Å². The molecular weight excluding hydrogens is 337 g/mol. The van der Waals surface area contributed by atoms with Crippen molar-refractivity contribution in [2.45, 2.75) is 51.0 Å². The Hall–Kier alpha value is 0.360. The number of nitrogens with zero attached hydrogens (tertiary/aromatic N) is 1. The molecule has 0 radical (unpaired) electrons. The fourth-order valence-electron chi connectivity index (χ4n) is 4.50. The Bertz CT molecular complexity index is 320. The number of carbonyl (C=O) groups excluding carboxylic acids is 1. The number of piperidine rings is 2. The third kappa shape index (κ3) is 2.37. The fraction of sp³-hybridized carbons (Fsp3) is 0.933. The van der Waals surface area contributed by atoms with E-state index in [2.05, 4.69) is 27.5 Å². The zero-order chi connectivity index (χ0) is 12.5. The van der Waals surface area contributed by atoms with Crippen molar-refractivity contribution in [2.75, 3.05) is 17.5 Å². The summed E-state index contributed by atoms with van der Waals surface area (Å²) < 4.78 is 1.24. The highest BCUT2D eigenvalue weighted by Gasteiger charge is 2.51. The Labute approximate surface area is 124 Å². The van der Waals surface area contributed by atoms with Gasteiger partial charge in [-0.15, -0.1) is 0 Å². The molecule has 0 spiro atoms. The minimum atomic E-state index is 0.411. The first-order chi connectivity index (χ1) is 8.81. The van der Waals surface area contributed by atoms with Gasteiger partial charge in [-0.05, 0) is 49.0 Å². The molecule has 0 aromatic carbocycles. The van der Waals surface area contributed by atoms with Crippen LogP contribution in [0, 0.1) is 17.8 Å². The van der Waals surface area contributed by atoms with E-state index in [0.717, 1.165) is 0 Å². The van der Waals surface area contributed by atoms with Crippen LogP contribution >= 0.6 is 22.6 Å². The maximum Gasteiger partial charge on any atom is 0.140 e. The summed E-state index contributed by atoms with van der Waals surface area (Å²) in [7, 11) is 0. The Morgan fingerprint density at radius 1 is 1.28 bits per heavy atom. The largest absolute Gasteiger partial charge is 0.299 e. The van der Waals surface area contributed by atoms with Crippen LogP contribution in [-0.2, 0) is 4.79 Å². The maximum absolute atomic E-state index is 12.6. The lowest BCUT2D eigenvalue weighted by Crippen LogP contribution is -2.49. The Balaban J connectivity index is 1.67. The molecule has 1 saturated carbocycles. The van der Waals surface area contributed by atoms with Crippen LogP contribution in [0.4, 0.5) is 0 Å². The molecular formula is C15H24INO. The van der Waals surface area contributed by atoms with E-state index in [1.165, 1.54) is 62.5 Å². The van der Waals surface area contributed by atoms with E-state index >= 15 is 0 Å². The van der Waals surface area contributed by atoms with Gasteiger partial charge in [-0.1, -0.05) is 35.4 Å². The van der Waals surface area contributed by atoms with Gasteiger partial charge in [0.1, 0.15) is 5.78 Å². The molecule has 0 unspecified atom stereocenters. The van der Waals surface area contributed by atoms with Crippen LogP contribution in [0.15, 0.2) is 0 Å². The highest BCUT2D eigenvalue weighted by Crippen LogP contribution is 2.46. The van der Waals surface area contributed by atoms with E-state index < -0.39 is 0 Å². The molecule has 0 aromatic heterocycles. The van der Waals surface area contributed by atoms with Gasteiger partial charge in [0.2, 0.25) is 0 Å². The second-order valence-electron chi connectivity index (χ2n) is 6.35. The molecule has 102 valence electrons. The van der Waals surface area contributed by atoms with Crippen molar-refractivity contribution in [3.8, 4) is 0 Å². The van der Waals surface area contributed by atoms with Crippen LogP contribution in [0.25, 0.3) is 0 Å². The third-order valence-corrected chi connectivity index (χ3v) is 6.12. The second kappa shape index (κ2) is 5.78. The number of unbranched alkanes of at least 4 members (excludes halogenated alkanes) is 1. The number of rotatable bonds is 4. The first kappa shape index (κ1) is 13.3. The highest BCUT2D eigenvalue weighted by molar-refractivity contribution is 14.1. The third-order valence-electron chi connectivity index (χ3n) is 5.35. The average molecular weight is 361 g/mol. The summed E-state index contributed by atoms with van der Waals surface area (Å²) in [6, 6.07) is 0.622.